The molecule has 1 rings (SSSR count). The van der Waals surface area contributed by atoms with E-state index in [1.54, 1.807) is 0 Å². The topological polar surface area (TPSA) is 77.5 Å². The highest BCUT2D eigenvalue weighted by molar-refractivity contribution is 8.05. The van der Waals surface area contributed by atoms with Crippen molar-refractivity contribution in [2.24, 2.45) is 0 Å². The number of sulfone groups is 1. The third-order valence-electron chi connectivity index (χ3n) is 1.47. The van der Waals surface area contributed by atoms with Crippen LogP contribution in [0.25, 0.3) is 0 Å². The first-order chi connectivity index (χ1) is 7.59. The van der Waals surface area contributed by atoms with Crippen LogP contribution in [0.1, 0.15) is 0 Å². The Kier molecular flexibility index (Phi) is 3.72. The minimum Gasteiger partial charge on any atom is -0.379 e. The summed E-state index contributed by atoms with van der Waals surface area (Å²) < 4.78 is 73.7. The van der Waals surface area contributed by atoms with Gasteiger partial charge in [0.25, 0.3) is 0 Å². The van der Waals surface area contributed by atoms with E-state index in [1.807, 2.05) is 0 Å². The Labute approximate surface area is 97.1 Å². The van der Waals surface area contributed by atoms with Crippen molar-refractivity contribution in [3.8, 4) is 5.75 Å². The van der Waals surface area contributed by atoms with Gasteiger partial charge in [0.15, 0.2) is 26.5 Å². The molecule has 0 heterocycles. The molecule has 0 saturated carbocycles. The van der Waals surface area contributed by atoms with E-state index in [2.05, 4.69) is 4.18 Å². The van der Waals surface area contributed by atoms with Crippen LogP contribution in [0.5, 0.6) is 5.75 Å². The van der Waals surface area contributed by atoms with Gasteiger partial charge in [-0.05, 0) is 12.1 Å². The highest BCUT2D eigenvalue weighted by atomic mass is 32.3. The largest absolute Gasteiger partial charge is 0.379 e. The molecule has 0 aromatic heterocycles. The lowest BCUT2D eigenvalue weighted by Gasteiger charge is -2.06. The molecule has 0 spiro atoms. The number of hydrogen-bond donors (Lipinski definition) is 0. The number of rotatable bonds is 4. The highest BCUT2D eigenvalue weighted by Crippen LogP contribution is 2.19. The van der Waals surface area contributed by atoms with Crippen molar-refractivity contribution in [2.75, 3.05) is 11.3 Å². The standard InChI is InChI=1S/C8H8F2O5S2/c1-16(11,12)5-17(13,14)15-8-3-2-6(9)4-7(8)10/h2-4H,5H2,1H3. The van der Waals surface area contributed by atoms with Crippen LogP contribution in [0.3, 0.4) is 0 Å². The molecular weight excluding hydrogens is 278 g/mol. The Bertz CT molecular complexity index is 621. The monoisotopic (exact) mass is 286 g/mol. The molecule has 0 aliphatic rings. The summed E-state index contributed by atoms with van der Waals surface area (Å²) in [5.41, 5.74) is 0. The van der Waals surface area contributed by atoms with E-state index in [0.29, 0.717) is 12.3 Å². The average molecular weight is 286 g/mol. The maximum atomic E-state index is 13.0. The van der Waals surface area contributed by atoms with Gasteiger partial charge in [0, 0.05) is 12.3 Å². The quantitative estimate of drug-likeness (QED) is 0.760. The van der Waals surface area contributed by atoms with Crippen molar-refractivity contribution < 1.29 is 29.8 Å². The van der Waals surface area contributed by atoms with Gasteiger partial charge in [0.05, 0.1) is 0 Å². The zero-order chi connectivity index (χ0) is 13.3. The maximum Gasteiger partial charge on any atom is 0.323 e. The normalized spacial score (nSPS) is 12.4. The summed E-state index contributed by atoms with van der Waals surface area (Å²) in [6.07, 6.45) is 0.689. The second kappa shape index (κ2) is 4.57. The smallest absolute Gasteiger partial charge is 0.323 e. The zero-order valence-corrected chi connectivity index (χ0v) is 10.2. The van der Waals surface area contributed by atoms with Crippen LogP contribution in [0.15, 0.2) is 18.2 Å². The number of hydrogen-bond acceptors (Lipinski definition) is 5. The summed E-state index contributed by atoms with van der Waals surface area (Å²) in [5.74, 6) is -2.90. The van der Waals surface area contributed by atoms with Crippen LogP contribution in [0.2, 0.25) is 0 Å². The van der Waals surface area contributed by atoms with Gasteiger partial charge < -0.3 is 4.18 Å². The highest BCUT2D eigenvalue weighted by Gasteiger charge is 2.22. The fourth-order valence-electron chi connectivity index (χ4n) is 0.966. The molecular formula is C8H8F2O5S2. The van der Waals surface area contributed by atoms with E-state index in [4.69, 9.17) is 0 Å². The maximum absolute atomic E-state index is 13.0. The SMILES string of the molecule is CS(=O)(=O)CS(=O)(=O)Oc1ccc(F)cc1F. The van der Waals surface area contributed by atoms with Gasteiger partial charge in [0.2, 0.25) is 0 Å². The van der Waals surface area contributed by atoms with Crippen LogP contribution < -0.4 is 4.18 Å². The van der Waals surface area contributed by atoms with E-state index >= 15 is 0 Å². The lowest BCUT2D eigenvalue weighted by Crippen LogP contribution is -2.20. The van der Waals surface area contributed by atoms with Crippen LogP contribution in [0, 0.1) is 11.6 Å². The Morgan fingerprint density at radius 1 is 1.18 bits per heavy atom. The predicted octanol–water partition coefficient (Wildman–Crippen LogP) is 0.675. The van der Waals surface area contributed by atoms with Crippen molar-refractivity contribution in [3.63, 3.8) is 0 Å². The van der Waals surface area contributed by atoms with Crippen molar-refractivity contribution in [3.05, 3.63) is 29.8 Å². The zero-order valence-electron chi connectivity index (χ0n) is 8.55. The molecule has 0 radical (unpaired) electrons. The van der Waals surface area contributed by atoms with Gasteiger partial charge in [-0.3, -0.25) is 0 Å². The van der Waals surface area contributed by atoms with Crippen molar-refractivity contribution in [1.82, 2.24) is 0 Å². The average Bonchev–Trinajstić information content (AvgIpc) is 2.05. The molecule has 1 aromatic carbocycles. The first-order valence-corrected chi connectivity index (χ1v) is 7.78. The number of halogens is 2. The molecule has 0 atom stereocenters. The van der Waals surface area contributed by atoms with Crippen LogP contribution >= 0.6 is 0 Å². The van der Waals surface area contributed by atoms with Crippen LogP contribution in [-0.4, -0.2) is 28.2 Å². The van der Waals surface area contributed by atoms with E-state index < -0.39 is 42.4 Å². The first kappa shape index (κ1) is 13.8. The van der Waals surface area contributed by atoms with Crippen molar-refractivity contribution in [1.29, 1.82) is 0 Å². The van der Waals surface area contributed by atoms with Crippen LogP contribution in [-0.2, 0) is 20.0 Å². The summed E-state index contributed by atoms with van der Waals surface area (Å²) in [5, 5.41) is -1.28. The van der Waals surface area contributed by atoms with Gasteiger partial charge >= 0.3 is 10.1 Å². The lowest BCUT2D eigenvalue weighted by molar-refractivity contribution is 0.460. The molecule has 0 fully saturated rings. The summed E-state index contributed by atoms with van der Waals surface area (Å²) in [6, 6.07) is 1.96. The van der Waals surface area contributed by atoms with Gasteiger partial charge in [0.1, 0.15) is 5.82 Å². The molecule has 0 saturated heterocycles. The molecule has 0 unspecified atom stereocenters. The van der Waals surface area contributed by atoms with Crippen molar-refractivity contribution in [2.45, 2.75) is 0 Å². The Hall–Kier alpha value is -1.22. The van der Waals surface area contributed by atoms with E-state index in [-0.39, 0.29) is 0 Å². The lowest BCUT2D eigenvalue weighted by atomic mass is 10.3. The molecule has 17 heavy (non-hydrogen) atoms. The molecule has 0 aliphatic heterocycles. The van der Waals surface area contributed by atoms with E-state index in [0.717, 1.165) is 12.1 Å². The minimum atomic E-state index is -4.48. The number of benzene rings is 1. The van der Waals surface area contributed by atoms with Gasteiger partial charge in [-0.25, -0.2) is 17.2 Å². The third kappa shape index (κ3) is 4.65. The molecule has 9 heteroatoms. The van der Waals surface area contributed by atoms with E-state index in [9.17, 15) is 25.6 Å². The fourth-order valence-corrected chi connectivity index (χ4v) is 3.66. The second-order valence-electron chi connectivity index (χ2n) is 3.26. The molecule has 0 amide bonds. The van der Waals surface area contributed by atoms with Gasteiger partial charge in [-0.15, -0.1) is 0 Å². The summed E-state index contributed by atoms with van der Waals surface area (Å²) in [7, 11) is -8.31. The molecule has 1 aromatic rings. The predicted molar refractivity (Wildman–Crippen MR) is 55.6 cm³/mol. The molecule has 96 valence electrons. The molecule has 0 N–H and O–H groups in total. The summed E-state index contributed by atoms with van der Waals surface area (Å²) in [4.78, 5) is 0. The van der Waals surface area contributed by atoms with Gasteiger partial charge in [-0.2, -0.15) is 8.42 Å². The van der Waals surface area contributed by atoms with Crippen molar-refractivity contribution >= 4 is 20.0 Å². The molecule has 5 nitrogen and oxygen atoms in total. The fraction of sp³-hybridized carbons (Fsp3) is 0.250. The Balaban J connectivity index is 2.99. The minimum absolute atomic E-state index is 0.422. The van der Waals surface area contributed by atoms with Crippen LogP contribution in [0.4, 0.5) is 8.78 Å². The Morgan fingerprint density at radius 2 is 1.76 bits per heavy atom. The summed E-state index contributed by atoms with van der Waals surface area (Å²) in [6.45, 7) is 0. The second-order valence-corrected chi connectivity index (χ2v) is 7.34. The first-order valence-electron chi connectivity index (χ1n) is 4.14. The summed E-state index contributed by atoms with van der Waals surface area (Å²) >= 11 is 0. The van der Waals surface area contributed by atoms with E-state index in [1.165, 1.54) is 0 Å². The Morgan fingerprint density at radius 3 is 2.24 bits per heavy atom. The molecule has 0 bridgehead atoms. The molecule has 0 aliphatic carbocycles. The third-order valence-corrected chi connectivity index (χ3v) is 4.77. The van der Waals surface area contributed by atoms with Gasteiger partial charge in [-0.1, -0.05) is 0 Å².